The zero-order valence-electron chi connectivity index (χ0n) is 7.80. The molecule has 0 N–H and O–H groups in total. The maximum atomic E-state index is 12.5. The van der Waals surface area contributed by atoms with Crippen molar-refractivity contribution in [2.24, 2.45) is 0 Å². The molecule has 16 heavy (non-hydrogen) atoms. The SMILES string of the molecule is N#Cc1ccc(C#CC=O)cc1C(F)(F)F. The third-order valence-corrected chi connectivity index (χ3v) is 1.72. The van der Waals surface area contributed by atoms with Gasteiger partial charge < -0.3 is 0 Å². The zero-order chi connectivity index (χ0) is 12.2. The lowest BCUT2D eigenvalue weighted by Crippen LogP contribution is -2.08. The molecular formula is C11H4F3NO. The first kappa shape index (κ1) is 11.8. The molecule has 0 aromatic heterocycles. The Hall–Kier alpha value is -2.27. The first-order valence-electron chi connectivity index (χ1n) is 4.05. The van der Waals surface area contributed by atoms with Crippen molar-refractivity contribution >= 4 is 6.29 Å². The van der Waals surface area contributed by atoms with E-state index in [9.17, 15) is 18.0 Å². The van der Waals surface area contributed by atoms with Gasteiger partial charge in [-0.15, -0.1) is 0 Å². The van der Waals surface area contributed by atoms with Gasteiger partial charge >= 0.3 is 6.18 Å². The van der Waals surface area contributed by atoms with Crippen LogP contribution in [-0.2, 0) is 11.0 Å². The van der Waals surface area contributed by atoms with Gasteiger partial charge in [0.05, 0.1) is 17.2 Å². The number of alkyl halides is 3. The van der Waals surface area contributed by atoms with E-state index in [1.54, 1.807) is 0 Å². The normalized spacial score (nSPS) is 9.88. The summed E-state index contributed by atoms with van der Waals surface area (Å²) in [6, 6.07) is 4.47. The molecule has 2 nitrogen and oxygen atoms in total. The van der Waals surface area contributed by atoms with E-state index < -0.39 is 17.3 Å². The van der Waals surface area contributed by atoms with Crippen molar-refractivity contribution in [3.05, 3.63) is 34.9 Å². The van der Waals surface area contributed by atoms with Gasteiger partial charge in [0, 0.05) is 5.56 Å². The van der Waals surface area contributed by atoms with Crippen LogP contribution in [0.2, 0.25) is 0 Å². The Morgan fingerprint density at radius 2 is 2.00 bits per heavy atom. The van der Waals surface area contributed by atoms with Gasteiger partial charge in [-0.3, -0.25) is 4.79 Å². The molecule has 5 heteroatoms. The van der Waals surface area contributed by atoms with E-state index in [0.717, 1.165) is 12.1 Å². The predicted molar refractivity (Wildman–Crippen MR) is 49.1 cm³/mol. The summed E-state index contributed by atoms with van der Waals surface area (Å²) in [6.07, 6.45) is -4.32. The maximum Gasteiger partial charge on any atom is 0.417 e. The fourth-order valence-corrected chi connectivity index (χ4v) is 1.07. The van der Waals surface area contributed by atoms with Crippen LogP contribution in [0.4, 0.5) is 13.2 Å². The molecule has 0 spiro atoms. The molecule has 0 aliphatic carbocycles. The number of halogens is 3. The van der Waals surface area contributed by atoms with Crippen molar-refractivity contribution in [2.75, 3.05) is 0 Å². The lowest BCUT2D eigenvalue weighted by molar-refractivity contribution is -0.137. The molecule has 0 aliphatic heterocycles. The summed E-state index contributed by atoms with van der Waals surface area (Å²) >= 11 is 0. The Labute approximate surface area is 89.3 Å². The average molecular weight is 223 g/mol. The monoisotopic (exact) mass is 223 g/mol. The molecule has 1 aromatic carbocycles. The summed E-state index contributed by atoms with van der Waals surface area (Å²) in [4.78, 5) is 9.93. The quantitative estimate of drug-likeness (QED) is 0.499. The summed E-state index contributed by atoms with van der Waals surface area (Å²) in [7, 11) is 0. The Kier molecular flexibility index (Phi) is 3.32. The Morgan fingerprint density at radius 1 is 1.31 bits per heavy atom. The standard InChI is InChI=1S/C11H4F3NO/c12-11(13,14)10-6-8(2-1-5-16)3-4-9(10)7-15/h3-6H. The molecule has 1 rings (SSSR count). The molecule has 0 aliphatic rings. The van der Waals surface area contributed by atoms with E-state index in [1.165, 1.54) is 12.1 Å². The number of hydrogen-bond acceptors (Lipinski definition) is 2. The molecule has 0 amide bonds. The van der Waals surface area contributed by atoms with Gasteiger partial charge in [-0.2, -0.15) is 18.4 Å². The van der Waals surface area contributed by atoms with Crippen molar-refractivity contribution in [1.82, 2.24) is 0 Å². The highest BCUT2D eigenvalue weighted by atomic mass is 19.4. The van der Waals surface area contributed by atoms with Crippen LogP contribution in [0, 0.1) is 23.2 Å². The smallest absolute Gasteiger partial charge is 0.289 e. The molecule has 0 saturated heterocycles. The minimum absolute atomic E-state index is 0.0402. The van der Waals surface area contributed by atoms with Gasteiger partial charge in [0.1, 0.15) is 0 Å². The number of rotatable bonds is 0. The van der Waals surface area contributed by atoms with Gasteiger partial charge in [-0.05, 0) is 24.1 Å². The largest absolute Gasteiger partial charge is 0.417 e. The van der Waals surface area contributed by atoms with E-state index in [2.05, 4.69) is 5.92 Å². The van der Waals surface area contributed by atoms with Gasteiger partial charge in [0.15, 0.2) is 6.29 Å². The number of carbonyl (C=O) groups excluding carboxylic acids is 1. The molecule has 0 heterocycles. The second-order valence-electron chi connectivity index (χ2n) is 2.76. The lowest BCUT2D eigenvalue weighted by atomic mass is 10.0. The van der Waals surface area contributed by atoms with Crippen LogP contribution in [0.3, 0.4) is 0 Å². The van der Waals surface area contributed by atoms with Gasteiger partial charge in [-0.1, -0.05) is 5.92 Å². The number of nitriles is 1. The van der Waals surface area contributed by atoms with E-state index >= 15 is 0 Å². The molecule has 0 bridgehead atoms. The van der Waals surface area contributed by atoms with Gasteiger partial charge in [0.2, 0.25) is 0 Å². The molecule has 1 aromatic rings. The maximum absolute atomic E-state index is 12.5. The van der Waals surface area contributed by atoms with Crippen LogP contribution in [0.1, 0.15) is 16.7 Å². The van der Waals surface area contributed by atoms with Crippen molar-refractivity contribution in [2.45, 2.75) is 6.18 Å². The first-order valence-corrected chi connectivity index (χ1v) is 4.05. The van der Waals surface area contributed by atoms with Crippen LogP contribution >= 0.6 is 0 Å². The lowest BCUT2D eigenvalue weighted by Gasteiger charge is -2.08. The van der Waals surface area contributed by atoms with Gasteiger partial charge in [-0.25, -0.2) is 0 Å². The Morgan fingerprint density at radius 3 is 2.50 bits per heavy atom. The minimum Gasteiger partial charge on any atom is -0.289 e. The molecule has 0 fully saturated rings. The zero-order valence-corrected chi connectivity index (χ0v) is 7.80. The highest BCUT2D eigenvalue weighted by Crippen LogP contribution is 2.32. The van der Waals surface area contributed by atoms with Crippen molar-refractivity contribution in [3.63, 3.8) is 0 Å². The molecule has 0 radical (unpaired) electrons. The molecular weight excluding hydrogens is 219 g/mol. The highest BCUT2D eigenvalue weighted by molar-refractivity contribution is 5.74. The van der Waals surface area contributed by atoms with E-state index in [1.807, 2.05) is 5.92 Å². The fourth-order valence-electron chi connectivity index (χ4n) is 1.07. The number of hydrogen-bond donors (Lipinski definition) is 0. The van der Waals surface area contributed by atoms with Crippen LogP contribution in [0.5, 0.6) is 0 Å². The van der Waals surface area contributed by atoms with Crippen molar-refractivity contribution in [1.29, 1.82) is 5.26 Å². The van der Waals surface area contributed by atoms with Gasteiger partial charge in [0.25, 0.3) is 0 Å². The third kappa shape index (κ3) is 2.61. The van der Waals surface area contributed by atoms with E-state index in [4.69, 9.17) is 5.26 Å². The first-order chi connectivity index (χ1) is 7.49. The predicted octanol–water partition coefficient (Wildman–Crippen LogP) is 2.13. The summed E-state index contributed by atoms with van der Waals surface area (Å²) < 4.78 is 37.4. The van der Waals surface area contributed by atoms with E-state index in [-0.39, 0.29) is 11.8 Å². The average Bonchev–Trinajstić information content (AvgIpc) is 2.24. The summed E-state index contributed by atoms with van der Waals surface area (Å²) in [5.41, 5.74) is -1.48. The van der Waals surface area contributed by atoms with Crippen LogP contribution in [0.15, 0.2) is 18.2 Å². The minimum atomic E-state index is -4.61. The molecule has 0 atom stereocenters. The van der Waals surface area contributed by atoms with Crippen LogP contribution in [0.25, 0.3) is 0 Å². The van der Waals surface area contributed by atoms with Crippen molar-refractivity contribution in [3.8, 4) is 17.9 Å². The second-order valence-corrected chi connectivity index (χ2v) is 2.76. The number of benzene rings is 1. The highest BCUT2D eigenvalue weighted by Gasteiger charge is 2.33. The van der Waals surface area contributed by atoms with Crippen molar-refractivity contribution < 1.29 is 18.0 Å². The summed E-state index contributed by atoms with van der Waals surface area (Å²) in [5.74, 6) is 4.23. The topological polar surface area (TPSA) is 40.9 Å². The molecule has 80 valence electrons. The van der Waals surface area contributed by atoms with Crippen LogP contribution < -0.4 is 0 Å². The van der Waals surface area contributed by atoms with E-state index in [0.29, 0.717) is 0 Å². The summed E-state index contributed by atoms with van der Waals surface area (Å²) in [5, 5.41) is 8.51. The number of nitrogens with zero attached hydrogens (tertiary/aromatic N) is 1. The third-order valence-electron chi connectivity index (χ3n) is 1.72. The Bertz CT molecular complexity index is 515. The van der Waals surface area contributed by atoms with Crippen LogP contribution in [-0.4, -0.2) is 6.29 Å². The Balaban J connectivity index is 3.34. The molecule has 0 unspecified atom stereocenters. The number of aldehydes is 1. The second kappa shape index (κ2) is 4.50. The molecule has 0 saturated carbocycles. The number of carbonyl (C=O) groups is 1. The fraction of sp³-hybridized carbons (Fsp3) is 0.0909. The summed E-state index contributed by atoms with van der Waals surface area (Å²) in [6.45, 7) is 0.